The topological polar surface area (TPSA) is 137 Å². The molecule has 2 saturated carbocycles. The lowest BCUT2D eigenvalue weighted by molar-refractivity contribution is -0.279. The lowest BCUT2D eigenvalue weighted by atomic mass is 9.40. The summed E-state index contributed by atoms with van der Waals surface area (Å²) in [5.74, 6) is -0.0554. The fraction of sp³-hybridized carbons (Fsp3) is 0.800. The molecule has 0 radical (unpaired) electrons. The smallest absolute Gasteiger partial charge is 0.303 e. The van der Waals surface area contributed by atoms with Crippen molar-refractivity contribution in [2.75, 3.05) is 6.61 Å². The van der Waals surface area contributed by atoms with Crippen molar-refractivity contribution >= 4 is 5.97 Å². The Kier molecular flexibility index (Phi) is 9.84. The molecule has 1 aliphatic heterocycles. The van der Waals surface area contributed by atoms with Crippen molar-refractivity contribution in [3.05, 3.63) is 36.5 Å². The second kappa shape index (κ2) is 12.3. The number of aliphatic hydroxyl groups is 4. The molecule has 3 aliphatic carbocycles. The SMILES string of the molecule is C=C(C)C(CCC(C)(O)C1CCC2(C)C1C=CC1C(C)(CCC(=O)O)C(C(=C)C)CCC12C)OC1OCC(O)C(O)C1O. The number of carboxylic acids is 1. The van der Waals surface area contributed by atoms with Crippen LogP contribution in [0.3, 0.4) is 0 Å². The van der Waals surface area contributed by atoms with Crippen molar-refractivity contribution in [3.8, 4) is 0 Å². The predicted molar refractivity (Wildman–Crippen MR) is 165 cm³/mol. The van der Waals surface area contributed by atoms with Crippen LogP contribution in [0, 0.1) is 39.9 Å². The van der Waals surface area contributed by atoms with Crippen LogP contribution < -0.4 is 0 Å². The highest BCUT2D eigenvalue weighted by atomic mass is 16.7. The van der Waals surface area contributed by atoms with E-state index in [9.17, 15) is 30.3 Å². The van der Waals surface area contributed by atoms with E-state index >= 15 is 0 Å². The van der Waals surface area contributed by atoms with E-state index in [1.54, 1.807) is 0 Å². The van der Waals surface area contributed by atoms with Crippen molar-refractivity contribution in [2.45, 2.75) is 129 Å². The molecular weight excluding hydrogens is 548 g/mol. The van der Waals surface area contributed by atoms with Crippen LogP contribution in [0.4, 0.5) is 0 Å². The standard InChI is InChI=1S/C35H56O8/c1-20(2)22-11-17-34(7)27(32(22,5)15-14-28(37)38)10-9-23-24(12-16-33(23,34)6)35(8,41)18-13-26(21(3)4)43-31-30(40)29(39)25(36)19-42-31/h9-10,22-27,29-31,36,39-41H,1,3,11-19H2,2,4-8H3,(H,37,38). The van der Waals surface area contributed by atoms with Gasteiger partial charge < -0.3 is 35.0 Å². The fourth-order valence-electron chi connectivity index (χ4n) is 9.75. The molecule has 8 nitrogen and oxygen atoms in total. The van der Waals surface area contributed by atoms with Crippen LogP contribution in [0.2, 0.25) is 0 Å². The van der Waals surface area contributed by atoms with Gasteiger partial charge in [-0.1, -0.05) is 57.2 Å². The normalized spacial score (nSPS) is 44.6. The molecule has 13 atom stereocenters. The van der Waals surface area contributed by atoms with Crippen LogP contribution in [0.15, 0.2) is 36.5 Å². The molecule has 0 amide bonds. The molecule has 4 rings (SSSR count). The molecule has 4 aliphatic rings. The molecule has 43 heavy (non-hydrogen) atoms. The molecule has 8 heteroatoms. The maximum absolute atomic E-state index is 12.0. The number of fused-ring (bicyclic) bond motifs is 3. The van der Waals surface area contributed by atoms with E-state index in [0.717, 1.165) is 36.8 Å². The monoisotopic (exact) mass is 604 g/mol. The number of carbonyl (C=O) groups is 1. The van der Waals surface area contributed by atoms with Gasteiger partial charge in [0, 0.05) is 6.42 Å². The second-order valence-electron chi connectivity index (χ2n) is 15.3. The fourth-order valence-corrected chi connectivity index (χ4v) is 9.75. The number of ether oxygens (including phenoxy) is 2. The maximum Gasteiger partial charge on any atom is 0.303 e. The Morgan fingerprint density at radius 2 is 1.72 bits per heavy atom. The molecule has 244 valence electrons. The molecule has 0 aromatic rings. The van der Waals surface area contributed by atoms with Crippen molar-refractivity contribution in [1.82, 2.24) is 0 Å². The van der Waals surface area contributed by atoms with Gasteiger partial charge in [-0.05, 0) is 106 Å². The predicted octanol–water partition coefficient (Wildman–Crippen LogP) is 5.00. The summed E-state index contributed by atoms with van der Waals surface area (Å²) in [4.78, 5) is 11.7. The Labute approximate surface area is 257 Å². The lowest BCUT2D eigenvalue weighted by Gasteiger charge is -2.64. The Bertz CT molecular complexity index is 1100. The summed E-state index contributed by atoms with van der Waals surface area (Å²) >= 11 is 0. The highest BCUT2D eigenvalue weighted by Crippen LogP contribution is 2.72. The summed E-state index contributed by atoms with van der Waals surface area (Å²) in [6.07, 6.45) is 4.78. The maximum atomic E-state index is 12.0. The summed E-state index contributed by atoms with van der Waals surface area (Å²) in [5.41, 5.74) is 0.576. The Morgan fingerprint density at radius 1 is 1.07 bits per heavy atom. The van der Waals surface area contributed by atoms with Crippen LogP contribution in [-0.4, -0.2) is 74.4 Å². The lowest BCUT2D eigenvalue weighted by Crippen LogP contribution is -2.58. The Morgan fingerprint density at radius 3 is 2.33 bits per heavy atom. The Hall–Kier alpha value is -1.55. The number of carboxylic acid groups (broad SMARTS) is 1. The first-order valence-electron chi connectivity index (χ1n) is 16.1. The van der Waals surface area contributed by atoms with Crippen molar-refractivity contribution < 1.29 is 39.8 Å². The number of hydrogen-bond acceptors (Lipinski definition) is 7. The van der Waals surface area contributed by atoms with Gasteiger partial charge in [0.25, 0.3) is 0 Å². The minimum atomic E-state index is -1.39. The number of hydrogen-bond donors (Lipinski definition) is 5. The molecule has 1 saturated heterocycles. The van der Waals surface area contributed by atoms with Gasteiger partial charge in [0.1, 0.15) is 18.3 Å². The third-order valence-corrected chi connectivity index (χ3v) is 12.6. The van der Waals surface area contributed by atoms with E-state index in [1.807, 2.05) is 13.8 Å². The molecule has 1 heterocycles. The molecule has 13 unspecified atom stereocenters. The van der Waals surface area contributed by atoms with Crippen LogP contribution in [0.25, 0.3) is 0 Å². The largest absolute Gasteiger partial charge is 0.481 e. The molecule has 0 aromatic carbocycles. The average molecular weight is 605 g/mol. The first-order chi connectivity index (χ1) is 19.9. The molecule has 0 aromatic heterocycles. The molecular formula is C35H56O8. The molecule has 0 bridgehead atoms. The van der Waals surface area contributed by atoms with Crippen molar-refractivity contribution in [2.24, 2.45) is 39.9 Å². The second-order valence-corrected chi connectivity index (χ2v) is 15.3. The minimum Gasteiger partial charge on any atom is -0.481 e. The zero-order chi connectivity index (χ0) is 32.1. The molecule has 3 fully saturated rings. The van der Waals surface area contributed by atoms with Gasteiger partial charge >= 0.3 is 5.97 Å². The summed E-state index contributed by atoms with van der Waals surface area (Å²) < 4.78 is 11.5. The van der Waals surface area contributed by atoms with Gasteiger partial charge in [-0.2, -0.15) is 0 Å². The zero-order valence-corrected chi connectivity index (χ0v) is 27.1. The molecule has 0 spiro atoms. The average Bonchev–Trinajstić information content (AvgIpc) is 3.28. The quantitative estimate of drug-likeness (QED) is 0.208. The van der Waals surface area contributed by atoms with Gasteiger partial charge in [0.15, 0.2) is 6.29 Å². The number of aliphatic hydroxyl groups excluding tert-OH is 3. The van der Waals surface area contributed by atoms with Gasteiger partial charge in [-0.25, -0.2) is 0 Å². The van der Waals surface area contributed by atoms with Crippen molar-refractivity contribution in [1.29, 1.82) is 0 Å². The van der Waals surface area contributed by atoms with Crippen LogP contribution in [-0.2, 0) is 14.3 Å². The molecule has 5 N–H and O–H groups in total. The third kappa shape index (κ3) is 6.05. The van der Waals surface area contributed by atoms with Crippen LogP contribution >= 0.6 is 0 Å². The number of rotatable bonds is 11. The minimum absolute atomic E-state index is 0.0370. The highest BCUT2D eigenvalue weighted by Gasteiger charge is 2.66. The summed E-state index contributed by atoms with van der Waals surface area (Å²) in [6, 6.07) is 0. The van der Waals surface area contributed by atoms with E-state index in [-0.39, 0.29) is 52.9 Å². The van der Waals surface area contributed by atoms with E-state index in [4.69, 9.17) is 9.47 Å². The Balaban J connectivity index is 1.54. The van der Waals surface area contributed by atoms with Gasteiger partial charge in [-0.15, -0.1) is 0 Å². The van der Waals surface area contributed by atoms with Crippen LogP contribution in [0.1, 0.15) is 92.9 Å². The van der Waals surface area contributed by atoms with E-state index in [1.165, 1.54) is 0 Å². The first-order valence-corrected chi connectivity index (χ1v) is 16.1. The zero-order valence-electron chi connectivity index (χ0n) is 27.1. The van der Waals surface area contributed by atoms with Gasteiger partial charge in [0.2, 0.25) is 0 Å². The van der Waals surface area contributed by atoms with Crippen LogP contribution in [0.5, 0.6) is 0 Å². The highest BCUT2D eigenvalue weighted by molar-refractivity contribution is 5.66. The number of aliphatic carboxylic acids is 1. The first kappa shape index (κ1) is 34.3. The van der Waals surface area contributed by atoms with Gasteiger partial charge in [0.05, 0.1) is 18.3 Å². The van der Waals surface area contributed by atoms with E-state index in [0.29, 0.717) is 19.3 Å². The van der Waals surface area contributed by atoms with Crippen molar-refractivity contribution in [3.63, 3.8) is 0 Å². The summed E-state index contributed by atoms with van der Waals surface area (Å²) in [6.45, 7) is 21.2. The summed E-state index contributed by atoms with van der Waals surface area (Å²) in [5, 5.41) is 51.9. The summed E-state index contributed by atoms with van der Waals surface area (Å²) in [7, 11) is 0. The number of allylic oxidation sites excluding steroid dienone is 3. The van der Waals surface area contributed by atoms with E-state index in [2.05, 4.69) is 53.0 Å². The van der Waals surface area contributed by atoms with E-state index < -0.39 is 42.3 Å². The van der Waals surface area contributed by atoms with Gasteiger partial charge in [-0.3, -0.25) is 4.79 Å². The third-order valence-electron chi connectivity index (χ3n) is 12.6.